The monoisotopic (exact) mass is 395 g/mol. The van der Waals surface area contributed by atoms with E-state index in [1.165, 1.54) is 17.0 Å². The van der Waals surface area contributed by atoms with Crippen LogP contribution in [0.1, 0.15) is 22.8 Å². The number of aromatic nitrogens is 2. The maximum absolute atomic E-state index is 12.5. The SMILES string of the molecule is CCOC(=O)c1cnn(-c2ccccc2)c1NC(=O)C=Cc1ccccc1Cl. The highest BCUT2D eigenvalue weighted by Gasteiger charge is 2.20. The first kappa shape index (κ1) is 19.4. The Morgan fingerprint density at radius 3 is 2.57 bits per heavy atom. The van der Waals surface area contributed by atoms with Crippen molar-refractivity contribution >= 4 is 35.4 Å². The molecule has 6 nitrogen and oxygen atoms in total. The molecule has 0 aliphatic rings. The summed E-state index contributed by atoms with van der Waals surface area (Å²) in [6.07, 6.45) is 4.32. The maximum atomic E-state index is 12.5. The number of carbonyl (C=O) groups excluding carboxylic acids is 2. The zero-order valence-corrected chi connectivity index (χ0v) is 15.9. The number of anilines is 1. The first-order valence-corrected chi connectivity index (χ1v) is 9.02. The van der Waals surface area contributed by atoms with Gasteiger partial charge in [0.25, 0.3) is 0 Å². The quantitative estimate of drug-likeness (QED) is 0.497. The summed E-state index contributed by atoms with van der Waals surface area (Å²) in [5, 5.41) is 7.48. The number of nitrogens with zero attached hydrogens (tertiary/aromatic N) is 2. The number of para-hydroxylation sites is 1. The number of halogens is 1. The summed E-state index contributed by atoms with van der Waals surface area (Å²) >= 11 is 6.10. The van der Waals surface area contributed by atoms with E-state index in [4.69, 9.17) is 16.3 Å². The van der Waals surface area contributed by atoms with Crippen molar-refractivity contribution in [1.29, 1.82) is 0 Å². The smallest absolute Gasteiger partial charge is 0.343 e. The van der Waals surface area contributed by atoms with Crippen LogP contribution in [0.5, 0.6) is 0 Å². The molecule has 0 spiro atoms. The minimum atomic E-state index is -0.560. The van der Waals surface area contributed by atoms with Crippen LogP contribution in [0.3, 0.4) is 0 Å². The number of benzene rings is 2. The van der Waals surface area contributed by atoms with Gasteiger partial charge in [-0.1, -0.05) is 48.0 Å². The van der Waals surface area contributed by atoms with Gasteiger partial charge < -0.3 is 10.1 Å². The van der Waals surface area contributed by atoms with Crippen LogP contribution in [0.25, 0.3) is 11.8 Å². The lowest BCUT2D eigenvalue weighted by Crippen LogP contribution is -2.16. The Bertz CT molecular complexity index is 1010. The molecule has 1 amide bonds. The highest BCUT2D eigenvalue weighted by atomic mass is 35.5. The molecule has 0 saturated heterocycles. The van der Waals surface area contributed by atoms with Crippen molar-refractivity contribution in [3.63, 3.8) is 0 Å². The summed E-state index contributed by atoms with van der Waals surface area (Å²) in [6, 6.07) is 16.3. The Balaban J connectivity index is 1.90. The Morgan fingerprint density at radius 1 is 1.14 bits per heavy atom. The highest BCUT2D eigenvalue weighted by molar-refractivity contribution is 6.32. The number of amides is 1. The first-order chi connectivity index (χ1) is 13.6. The second-order valence-electron chi connectivity index (χ2n) is 5.72. The van der Waals surface area contributed by atoms with E-state index >= 15 is 0 Å². The first-order valence-electron chi connectivity index (χ1n) is 8.64. The van der Waals surface area contributed by atoms with Crippen LogP contribution < -0.4 is 5.32 Å². The van der Waals surface area contributed by atoms with Crippen molar-refractivity contribution < 1.29 is 14.3 Å². The lowest BCUT2D eigenvalue weighted by atomic mass is 10.2. The van der Waals surface area contributed by atoms with Gasteiger partial charge >= 0.3 is 5.97 Å². The van der Waals surface area contributed by atoms with E-state index in [0.29, 0.717) is 16.3 Å². The number of rotatable bonds is 6. The third-order valence-corrected chi connectivity index (χ3v) is 4.17. The van der Waals surface area contributed by atoms with Crippen molar-refractivity contribution in [3.05, 3.63) is 83.0 Å². The predicted octanol–water partition coefficient (Wildman–Crippen LogP) is 4.35. The van der Waals surface area contributed by atoms with E-state index in [9.17, 15) is 9.59 Å². The van der Waals surface area contributed by atoms with Crippen molar-refractivity contribution in [2.24, 2.45) is 0 Å². The molecule has 1 heterocycles. The Kier molecular flexibility index (Phi) is 6.24. The van der Waals surface area contributed by atoms with Crippen LogP contribution in [0.2, 0.25) is 5.02 Å². The standard InChI is InChI=1S/C21H18ClN3O3/c1-2-28-21(27)17-14-23-25(16-9-4-3-5-10-16)20(17)24-19(26)13-12-15-8-6-7-11-18(15)22/h3-14H,2H2,1H3,(H,24,26). The Labute approximate surface area is 167 Å². The van der Waals surface area contributed by atoms with Crippen molar-refractivity contribution in [2.75, 3.05) is 11.9 Å². The van der Waals surface area contributed by atoms with Gasteiger partial charge in [-0.05, 0) is 36.8 Å². The Morgan fingerprint density at radius 2 is 1.86 bits per heavy atom. The van der Waals surface area contributed by atoms with Gasteiger partial charge in [0.1, 0.15) is 5.56 Å². The second-order valence-corrected chi connectivity index (χ2v) is 6.13. The molecule has 142 valence electrons. The maximum Gasteiger partial charge on any atom is 0.343 e. The topological polar surface area (TPSA) is 73.2 Å². The minimum absolute atomic E-state index is 0.171. The number of ether oxygens (including phenoxy) is 1. The van der Waals surface area contributed by atoms with E-state index < -0.39 is 11.9 Å². The van der Waals surface area contributed by atoms with E-state index in [-0.39, 0.29) is 18.0 Å². The van der Waals surface area contributed by atoms with Crippen LogP contribution in [-0.2, 0) is 9.53 Å². The van der Waals surface area contributed by atoms with Crippen LogP contribution in [0.4, 0.5) is 5.82 Å². The number of hydrogen-bond donors (Lipinski definition) is 1. The molecule has 1 aromatic heterocycles. The third kappa shape index (κ3) is 4.47. The molecule has 2 aromatic carbocycles. The van der Waals surface area contributed by atoms with Crippen LogP contribution >= 0.6 is 11.6 Å². The van der Waals surface area contributed by atoms with Crippen LogP contribution in [-0.4, -0.2) is 28.3 Å². The third-order valence-electron chi connectivity index (χ3n) is 3.83. The molecule has 0 bridgehead atoms. The fourth-order valence-corrected chi connectivity index (χ4v) is 2.72. The zero-order chi connectivity index (χ0) is 19.9. The number of hydrogen-bond acceptors (Lipinski definition) is 4. The zero-order valence-electron chi connectivity index (χ0n) is 15.1. The van der Waals surface area contributed by atoms with Gasteiger partial charge in [0.15, 0.2) is 5.82 Å². The van der Waals surface area contributed by atoms with E-state index in [2.05, 4.69) is 10.4 Å². The minimum Gasteiger partial charge on any atom is -0.462 e. The van der Waals surface area contributed by atoms with E-state index in [0.717, 1.165) is 0 Å². The number of carbonyl (C=O) groups is 2. The molecule has 0 radical (unpaired) electrons. The summed E-state index contributed by atoms with van der Waals surface area (Å²) in [5.41, 5.74) is 1.58. The Hall–Kier alpha value is -3.38. The number of esters is 1. The van der Waals surface area contributed by atoms with Gasteiger partial charge in [-0.3, -0.25) is 4.79 Å². The lowest BCUT2D eigenvalue weighted by Gasteiger charge is -2.10. The molecule has 0 aliphatic heterocycles. The summed E-state index contributed by atoms with van der Waals surface area (Å²) in [6.45, 7) is 1.93. The van der Waals surface area contributed by atoms with Crippen LogP contribution in [0, 0.1) is 0 Å². The van der Waals surface area contributed by atoms with Gasteiger partial charge in [-0.25, -0.2) is 9.48 Å². The van der Waals surface area contributed by atoms with Gasteiger partial charge in [-0.15, -0.1) is 0 Å². The van der Waals surface area contributed by atoms with Gasteiger partial charge in [0, 0.05) is 11.1 Å². The van der Waals surface area contributed by atoms with E-state index in [1.54, 1.807) is 25.1 Å². The fourth-order valence-electron chi connectivity index (χ4n) is 2.53. The summed E-state index contributed by atoms with van der Waals surface area (Å²) in [4.78, 5) is 24.7. The van der Waals surface area contributed by atoms with Gasteiger partial charge in [0.05, 0.1) is 18.5 Å². The molecule has 0 aliphatic carbocycles. The fraction of sp³-hybridized carbons (Fsp3) is 0.0952. The second kappa shape index (κ2) is 9.01. The van der Waals surface area contributed by atoms with Crippen molar-refractivity contribution in [1.82, 2.24) is 9.78 Å². The summed E-state index contributed by atoms with van der Waals surface area (Å²) < 4.78 is 6.55. The van der Waals surface area contributed by atoms with E-state index in [1.807, 2.05) is 42.5 Å². The van der Waals surface area contributed by atoms with Crippen LogP contribution in [0.15, 0.2) is 66.9 Å². The lowest BCUT2D eigenvalue weighted by molar-refractivity contribution is -0.111. The molecule has 0 saturated carbocycles. The molecule has 7 heteroatoms. The molecule has 0 unspecified atom stereocenters. The summed E-state index contributed by atoms with van der Waals surface area (Å²) in [5.74, 6) is -0.753. The molecule has 0 fully saturated rings. The normalized spacial score (nSPS) is 10.8. The molecular formula is C21H18ClN3O3. The summed E-state index contributed by atoms with van der Waals surface area (Å²) in [7, 11) is 0. The van der Waals surface area contributed by atoms with Crippen molar-refractivity contribution in [2.45, 2.75) is 6.92 Å². The molecule has 3 rings (SSSR count). The average molecular weight is 396 g/mol. The van der Waals surface area contributed by atoms with Crippen molar-refractivity contribution in [3.8, 4) is 5.69 Å². The van der Waals surface area contributed by atoms with Gasteiger partial charge in [0.2, 0.25) is 5.91 Å². The molecule has 3 aromatic rings. The van der Waals surface area contributed by atoms with Gasteiger partial charge in [-0.2, -0.15) is 5.10 Å². The molecule has 0 atom stereocenters. The molecular weight excluding hydrogens is 378 g/mol. The number of nitrogens with one attached hydrogen (secondary N) is 1. The average Bonchev–Trinajstić information content (AvgIpc) is 3.12. The largest absolute Gasteiger partial charge is 0.462 e. The predicted molar refractivity (Wildman–Crippen MR) is 109 cm³/mol. The molecule has 28 heavy (non-hydrogen) atoms. The molecule has 1 N–H and O–H groups in total. The highest BCUT2D eigenvalue weighted by Crippen LogP contribution is 2.22.